The Labute approximate surface area is 217 Å². The van der Waals surface area contributed by atoms with Crippen LogP contribution in [0, 0.1) is 0 Å². The molecular weight excluding hydrogens is 497 g/mol. The van der Waals surface area contributed by atoms with Crippen molar-refractivity contribution < 1.29 is 27.4 Å². The van der Waals surface area contributed by atoms with Gasteiger partial charge in [0.05, 0.1) is 43.9 Å². The highest BCUT2D eigenvalue weighted by Gasteiger charge is 2.30. The average Bonchev–Trinajstić information content (AvgIpc) is 2.92. The first-order valence-corrected chi connectivity index (χ1v) is 11.6. The standard InChI is InChI=1S/C28H25F3N4O3/c1-17(33-26-16-32-15-23(35-26)19-10-11-24(37-2)25(14-19)38-3)18-6-5-9-22(13-18)34-27(36)20-7-4-8-21(12-20)28(29,30)31/h4-17H,1-3H3,(H,33,35)(H,34,36)/t17-/m0/s1. The molecule has 0 spiro atoms. The lowest BCUT2D eigenvalue weighted by atomic mass is 10.1. The Balaban J connectivity index is 1.48. The van der Waals surface area contributed by atoms with E-state index in [0.717, 1.165) is 23.3 Å². The van der Waals surface area contributed by atoms with Crippen LogP contribution in [0.2, 0.25) is 0 Å². The van der Waals surface area contributed by atoms with E-state index in [0.29, 0.717) is 28.7 Å². The summed E-state index contributed by atoms with van der Waals surface area (Å²) >= 11 is 0. The fourth-order valence-electron chi connectivity index (χ4n) is 3.80. The summed E-state index contributed by atoms with van der Waals surface area (Å²) < 4.78 is 49.7. The van der Waals surface area contributed by atoms with E-state index in [9.17, 15) is 18.0 Å². The van der Waals surface area contributed by atoms with Crippen molar-refractivity contribution in [2.75, 3.05) is 24.9 Å². The van der Waals surface area contributed by atoms with Crippen LogP contribution in [0.1, 0.15) is 34.5 Å². The molecule has 2 N–H and O–H groups in total. The second-order valence-corrected chi connectivity index (χ2v) is 8.38. The largest absolute Gasteiger partial charge is 0.493 e. The SMILES string of the molecule is COc1ccc(-c2cncc(N[C@@H](C)c3cccc(NC(=O)c4cccc(C(F)(F)F)c4)c3)n2)cc1OC. The first-order chi connectivity index (χ1) is 18.2. The number of nitrogens with zero attached hydrogens (tertiary/aromatic N) is 2. The van der Waals surface area contributed by atoms with Crippen LogP contribution in [0.5, 0.6) is 11.5 Å². The Morgan fingerprint density at radius 3 is 2.42 bits per heavy atom. The lowest BCUT2D eigenvalue weighted by Crippen LogP contribution is -2.14. The minimum atomic E-state index is -4.53. The molecule has 1 atom stereocenters. The first kappa shape index (κ1) is 26.5. The molecule has 0 saturated carbocycles. The predicted molar refractivity (Wildman–Crippen MR) is 138 cm³/mol. The van der Waals surface area contributed by atoms with Crippen LogP contribution in [0.4, 0.5) is 24.7 Å². The number of amides is 1. The smallest absolute Gasteiger partial charge is 0.416 e. The van der Waals surface area contributed by atoms with Gasteiger partial charge >= 0.3 is 6.18 Å². The molecule has 3 aromatic carbocycles. The fraction of sp³-hybridized carbons (Fsp3) is 0.179. The third-order valence-electron chi connectivity index (χ3n) is 5.77. The third kappa shape index (κ3) is 6.20. The topological polar surface area (TPSA) is 85.4 Å². The predicted octanol–water partition coefficient (Wildman–Crippen LogP) is 6.61. The summed E-state index contributed by atoms with van der Waals surface area (Å²) in [6, 6.07) is 16.6. The van der Waals surface area contributed by atoms with Crippen molar-refractivity contribution in [3.63, 3.8) is 0 Å². The van der Waals surface area contributed by atoms with E-state index in [1.54, 1.807) is 50.9 Å². The third-order valence-corrected chi connectivity index (χ3v) is 5.77. The van der Waals surface area contributed by atoms with Gasteiger partial charge in [-0.25, -0.2) is 4.98 Å². The van der Waals surface area contributed by atoms with Gasteiger partial charge in [0.25, 0.3) is 5.91 Å². The molecule has 0 bridgehead atoms. The number of alkyl halides is 3. The van der Waals surface area contributed by atoms with Crippen LogP contribution < -0.4 is 20.1 Å². The van der Waals surface area contributed by atoms with Crippen LogP contribution in [-0.4, -0.2) is 30.1 Å². The van der Waals surface area contributed by atoms with Crippen LogP contribution in [0.25, 0.3) is 11.3 Å². The Morgan fingerprint density at radius 1 is 0.921 bits per heavy atom. The normalized spacial score (nSPS) is 11.9. The summed E-state index contributed by atoms with van der Waals surface area (Å²) in [6.07, 6.45) is -1.29. The van der Waals surface area contributed by atoms with Gasteiger partial charge in [-0.1, -0.05) is 18.2 Å². The molecule has 7 nitrogen and oxygen atoms in total. The highest BCUT2D eigenvalue weighted by atomic mass is 19.4. The maximum atomic E-state index is 13.0. The van der Waals surface area contributed by atoms with Gasteiger partial charge in [-0.05, 0) is 61.0 Å². The van der Waals surface area contributed by atoms with Crippen molar-refractivity contribution in [3.05, 3.63) is 95.8 Å². The zero-order chi connectivity index (χ0) is 27.3. The second-order valence-electron chi connectivity index (χ2n) is 8.38. The Hall–Kier alpha value is -4.60. The van der Waals surface area contributed by atoms with Gasteiger partial charge in [-0.2, -0.15) is 13.2 Å². The minimum Gasteiger partial charge on any atom is -0.493 e. The highest BCUT2D eigenvalue weighted by Crippen LogP contribution is 2.32. The van der Waals surface area contributed by atoms with Gasteiger partial charge in [0, 0.05) is 16.8 Å². The van der Waals surface area contributed by atoms with Crippen molar-refractivity contribution in [2.24, 2.45) is 0 Å². The molecular formula is C28H25F3N4O3. The molecule has 1 amide bonds. The summed E-state index contributed by atoms with van der Waals surface area (Å²) in [5.74, 6) is 1.07. The molecule has 0 fully saturated rings. The first-order valence-electron chi connectivity index (χ1n) is 11.6. The Morgan fingerprint density at radius 2 is 1.68 bits per heavy atom. The molecule has 196 valence electrons. The maximum Gasteiger partial charge on any atom is 0.416 e. The van der Waals surface area contributed by atoms with Gasteiger partial charge in [-0.3, -0.25) is 9.78 Å². The van der Waals surface area contributed by atoms with Gasteiger partial charge in [0.2, 0.25) is 0 Å². The lowest BCUT2D eigenvalue weighted by molar-refractivity contribution is -0.137. The summed E-state index contributed by atoms with van der Waals surface area (Å²) in [4.78, 5) is 21.5. The van der Waals surface area contributed by atoms with Gasteiger partial charge in [0.1, 0.15) is 5.82 Å². The number of halogens is 3. The van der Waals surface area contributed by atoms with E-state index < -0.39 is 17.6 Å². The number of hydrogen-bond donors (Lipinski definition) is 2. The number of methoxy groups -OCH3 is 2. The van der Waals surface area contributed by atoms with E-state index in [-0.39, 0.29) is 11.6 Å². The number of anilines is 2. The van der Waals surface area contributed by atoms with Crippen LogP contribution in [0.15, 0.2) is 79.1 Å². The van der Waals surface area contributed by atoms with Crippen molar-refractivity contribution in [1.82, 2.24) is 9.97 Å². The highest BCUT2D eigenvalue weighted by molar-refractivity contribution is 6.04. The van der Waals surface area contributed by atoms with E-state index in [1.807, 2.05) is 25.1 Å². The molecule has 38 heavy (non-hydrogen) atoms. The summed E-state index contributed by atoms with van der Waals surface area (Å²) in [6.45, 7) is 1.92. The molecule has 4 aromatic rings. The molecule has 4 rings (SSSR count). The van der Waals surface area contributed by atoms with Crippen LogP contribution in [0.3, 0.4) is 0 Å². The quantitative estimate of drug-likeness (QED) is 0.271. The fourth-order valence-corrected chi connectivity index (χ4v) is 3.80. The molecule has 1 aromatic heterocycles. The molecule has 0 saturated heterocycles. The van der Waals surface area contributed by atoms with E-state index in [4.69, 9.17) is 9.47 Å². The molecule has 0 aliphatic carbocycles. The van der Waals surface area contributed by atoms with Crippen molar-refractivity contribution in [2.45, 2.75) is 19.1 Å². The maximum absolute atomic E-state index is 13.0. The summed E-state index contributed by atoms with van der Waals surface area (Å²) in [5, 5.41) is 5.95. The number of benzene rings is 3. The summed E-state index contributed by atoms with van der Waals surface area (Å²) in [7, 11) is 3.12. The van der Waals surface area contributed by atoms with Crippen molar-refractivity contribution >= 4 is 17.4 Å². The van der Waals surface area contributed by atoms with Gasteiger partial charge < -0.3 is 20.1 Å². The molecule has 10 heteroatoms. The number of aromatic nitrogens is 2. The second kappa shape index (κ2) is 11.2. The Kier molecular flexibility index (Phi) is 7.80. The number of ether oxygens (including phenoxy) is 2. The lowest BCUT2D eigenvalue weighted by Gasteiger charge is -2.17. The summed E-state index contributed by atoms with van der Waals surface area (Å²) in [5.41, 5.74) is 1.73. The zero-order valence-electron chi connectivity index (χ0n) is 20.8. The molecule has 0 radical (unpaired) electrons. The van der Waals surface area contributed by atoms with Crippen LogP contribution in [-0.2, 0) is 6.18 Å². The Bertz CT molecular complexity index is 1440. The molecule has 0 aliphatic rings. The van der Waals surface area contributed by atoms with E-state index in [2.05, 4.69) is 20.6 Å². The molecule has 1 heterocycles. The van der Waals surface area contributed by atoms with Crippen LogP contribution >= 0.6 is 0 Å². The average molecular weight is 523 g/mol. The van der Waals surface area contributed by atoms with E-state index in [1.165, 1.54) is 12.1 Å². The van der Waals surface area contributed by atoms with E-state index >= 15 is 0 Å². The molecule has 0 unspecified atom stereocenters. The monoisotopic (exact) mass is 522 g/mol. The number of nitrogens with one attached hydrogen (secondary N) is 2. The minimum absolute atomic E-state index is 0.0846. The molecule has 0 aliphatic heterocycles. The van der Waals surface area contributed by atoms with Crippen molar-refractivity contribution in [1.29, 1.82) is 0 Å². The van der Waals surface area contributed by atoms with Crippen molar-refractivity contribution in [3.8, 4) is 22.8 Å². The number of carbonyl (C=O) groups is 1. The van der Waals surface area contributed by atoms with Gasteiger partial charge in [0.15, 0.2) is 11.5 Å². The van der Waals surface area contributed by atoms with Gasteiger partial charge in [-0.15, -0.1) is 0 Å². The zero-order valence-corrected chi connectivity index (χ0v) is 20.8. The number of carbonyl (C=O) groups excluding carboxylic acids is 1. The number of hydrogen-bond acceptors (Lipinski definition) is 6. The number of rotatable bonds is 8.